The summed E-state index contributed by atoms with van der Waals surface area (Å²) in [6, 6.07) is 1.02. The van der Waals surface area contributed by atoms with Crippen molar-refractivity contribution >= 4 is 29.0 Å². The SMILES string of the molecule is CCOC(=O)c1cc(OSC(F)(F)F)nc2c1cnn2C(C)C. The van der Waals surface area contributed by atoms with E-state index in [0.717, 1.165) is 6.07 Å². The molecule has 0 aromatic carbocycles. The Hall–Kier alpha value is -1.97. The summed E-state index contributed by atoms with van der Waals surface area (Å²) in [4.78, 5) is 16.0. The molecule has 0 aliphatic rings. The van der Waals surface area contributed by atoms with Gasteiger partial charge in [0.15, 0.2) is 17.7 Å². The number of hydrogen-bond acceptors (Lipinski definition) is 6. The number of nitrogens with zero attached hydrogens (tertiary/aromatic N) is 3. The normalized spacial score (nSPS) is 12.0. The van der Waals surface area contributed by atoms with Gasteiger partial charge in [-0.2, -0.15) is 23.3 Å². The number of alkyl halides is 3. The summed E-state index contributed by atoms with van der Waals surface area (Å²) in [5, 5.41) is 4.50. The highest BCUT2D eigenvalue weighted by molar-refractivity contribution is 7.95. The molecular weight excluding hydrogens is 335 g/mol. The molecule has 0 atom stereocenters. The molecule has 23 heavy (non-hydrogen) atoms. The molecule has 0 unspecified atom stereocenters. The van der Waals surface area contributed by atoms with E-state index in [0.29, 0.717) is 5.39 Å². The van der Waals surface area contributed by atoms with Gasteiger partial charge in [-0.1, -0.05) is 0 Å². The van der Waals surface area contributed by atoms with Gasteiger partial charge in [0.05, 0.1) is 23.8 Å². The molecule has 0 spiro atoms. The van der Waals surface area contributed by atoms with E-state index in [1.807, 2.05) is 13.8 Å². The van der Waals surface area contributed by atoms with Gasteiger partial charge in [-0.05, 0) is 20.8 Å². The lowest BCUT2D eigenvalue weighted by Crippen LogP contribution is -2.09. The van der Waals surface area contributed by atoms with Crippen LogP contribution in [0.15, 0.2) is 12.3 Å². The number of pyridine rings is 1. The number of rotatable bonds is 5. The van der Waals surface area contributed by atoms with Crippen LogP contribution < -0.4 is 4.18 Å². The van der Waals surface area contributed by atoms with Gasteiger partial charge in [-0.3, -0.25) is 0 Å². The number of aromatic nitrogens is 3. The molecule has 0 fully saturated rings. The van der Waals surface area contributed by atoms with Crippen molar-refractivity contribution < 1.29 is 26.9 Å². The largest absolute Gasteiger partial charge is 0.479 e. The second-order valence-corrected chi connectivity index (χ2v) is 5.56. The highest BCUT2D eigenvalue weighted by atomic mass is 32.2. The van der Waals surface area contributed by atoms with Gasteiger partial charge in [-0.15, -0.1) is 0 Å². The standard InChI is InChI=1S/C13H14F3N3O3S/c1-4-21-12(20)8-5-10(22-23-13(14,15)16)18-11-9(8)6-17-19(11)7(2)3/h5-7H,4H2,1-3H3. The third-order valence-electron chi connectivity index (χ3n) is 2.75. The summed E-state index contributed by atoms with van der Waals surface area (Å²) in [5.74, 6) is -1.02. The first-order valence-electron chi connectivity index (χ1n) is 6.70. The Bertz CT molecular complexity index is 716. The highest BCUT2D eigenvalue weighted by Gasteiger charge is 2.32. The van der Waals surface area contributed by atoms with Crippen molar-refractivity contribution in [1.29, 1.82) is 0 Å². The third-order valence-corrected chi connectivity index (χ3v) is 3.19. The van der Waals surface area contributed by atoms with Crippen molar-refractivity contribution in [1.82, 2.24) is 14.8 Å². The van der Waals surface area contributed by atoms with Gasteiger partial charge in [0.1, 0.15) is 0 Å². The average Bonchev–Trinajstić information content (AvgIpc) is 2.87. The fourth-order valence-electron chi connectivity index (χ4n) is 1.88. The highest BCUT2D eigenvalue weighted by Crippen LogP contribution is 2.33. The van der Waals surface area contributed by atoms with Crippen LogP contribution in [0.5, 0.6) is 5.88 Å². The number of hydrogen-bond donors (Lipinski definition) is 0. The molecule has 0 saturated carbocycles. The Kier molecular flexibility index (Phi) is 5.03. The zero-order valence-electron chi connectivity index (χ0n) is 12.5. The van der Waals surface area contributed by atoms with Crippen LogP contribution in [0.3, 0.4) is 0 Å². The molecule has 0 aliphatic heterocycles. The third kappa shape index (κ3) is 4.06. The van der Waals surface area contributed by atoms with Crippen LogP contribution in [0.2, 0.25) is 0 Å². The van der Waals surface area contributed by atoms with Crippen molar-refractivity contribution in [2.24, 2.45) is 0 Å². The maximum atomic E-state index is 12.3. The lowest BCUT2D eigenvalue weighted by atomic mass is 10.2. The molecule has 2 aromatic heterocycles. The topological polar surface area (TPSA) is 66.2 Å². The van der Waals surface area contributed by atoms with E-state index >= 15 is 0 Å². The molecule has 0 bridgehead atoms. The molecule has 0 amide bonds. The second kappa shape index (κ2) is 6.65. The predicted octanol–water partition coefficient (Wildman–Crippen LogP) is 3.74. The fraction of sp³-hybridized carbons (Fsp3) is 0.462. The molecule has 0 N–H and O–H groups in total. The van der Waals surface area contributed by atoms with E-state index in [1.54, 1.807) is 6.92 Å². The van der Waals surface area contributed by atoms with Crippen molar-refractivity contribution in [2.45, 2.75) is 32.3 Å². The minimum absolute atomic E-state index is 0.0570. The molecule has 10 heteroatoms. The molecule has 0 aliphatic carbocycles. The quantitative estimate of drug-likeness (QED) is 0.605. The molecule has 6 nitrogen and oxygen atoms in total. The maximum absolute atomic E-state index is 12.3. The van der Waals surface area contributed by atoms with Crippen LogP contribution in [0, 0.1) is 0 Å². The lowest BCUT2D eigenvalue weighted by molar-refractivity contribution is -0.0370. The van der Waals surface area contributed by atoms with Crippen LogP contribution in [-0.2, 0) is 4.74 Å². The van der Waals surface area contributed by atoms with Crippen molar-refractivity contribution in [3.63, 3.8) is 0 Å². The zero-order chi connectivity index (χ0) is 17.2. The smallest absolute Gasteiger partial charge is 0.462 e. The Morgan fingerprint density at radius 3 is 2.70 bits per heavy atom. The Morgan fingerprint density at radius 2 is 2.13 bits per heavy atom. The van der Waals surface area contributed by atoms with E-state index in [-0.39, 0.29) is 29.7 Å². The summed E-state index contributed by atoms with van der Waals surface area (Å²) in [5.41, 5.74) is -4.27. The van der Waals surface area contributed by atoms with E-state index < -0.39 is 23.5 Å². The molecule has 2 aromatic rings. The second-order valence-electron chi connectivity index (χ2n) is 4.76. The number of carbonyl (C=O) groups excluding carboxylic acids is 1. The molecule has 126 valence electrons. The minimum Gasteiger partial charge on any atom is -0.462 e. The molecule has 0 radical (unpaired) electrons. The number of carbonyl (C=O) groups is 1. The zero-order valence-corrected chi connectivity index (χ0v) is 13.4. The summed E-state index contributed by atoms with van der Waals surface area (Å²) in [6.07, 6.45) is 1.43. The van der Waals surface area contributed by atoms with Gasteiger partial charge in [0, 0.05) is 12.1 Å². The minimum atomic E-state index is -4.58. The number of ether oxygens (including phenoxy) is 1. The summed E-state index contributed by atoms with van der Waals surface area (Å²) < 4.78 is 47.8. The molecule has 2 rings (SSSR count). The maximum Gasteiger partial charge on any atom is 0.479 e. The van der Waals surface area contributed by atoms with Gasteiger partial charge in [-0.25, -0.2) is 9.48 Å². The van der Waals surface area contributed by atoms with Crippen molar-refractivity contribution in [3.8, 4) is 5.88 Å². The van der Waals surface area contributed by atoms with Crippen LogP contribution in [0.25, 0.3) is 11.0 Å². The van der Waals surface area contributed by atoms with Gasteiger partial charge < -0.3 is 8.92 Å². The number of esters is 1. The van der Waals surface area contributed by atoms with Crippen LogP contribution in [-0.4, -0.2) is 32.8 Å². The monoisotopic (exact) mass is 349 g/mol. The first-order valence-corrected chi connectivity index (χ1v) is 7.45. The van der Waals surface area contributed by atoms with Gasteiger partial charge in [0.25, 0.3) is 0 Å². The summed E-state index contributed by atoms with van der Waals surface area (Å²) in [6.45, 7) is 5.42. The van der Waals surface area contributed by atoms with Crippen molar-refractivity contribution in [2.75, 3.05) is 6.61 Å². The van der Waals surface area contributed by atoms with E-state index in [1.165, 1.54) is 10.9 Å². The van der Waals surface area contributed by atoms with E-state index in [2.05, 4.69) is 14.3 Å². The number of fused-ring (bicyclic) bond motifs is 1. The summed E-state index contributed by atoms with van der Waals surface area (Å²) in [7, 11) is 0. The summed E-state index contributed by atoms with van der Waals surface area (Å²) >= 11 is -0.698. The van der Waals surface area contributed by atoms with Gasteiger partial charge >= 0.3 is 11.5 Å². The van der Waals surface area contributed by atoms with E-state index in [4.69, 9.17) is 4.74 Å². The number of halogens is 3. The molecular formula is C13H14F3N3O3S. The van der Waals surface area contributed by atoms with Gasteiger partial charge in [0.2, 0.25) is 5.88 Å². The molecule has 0 saturated heterocycles. The van der Waals surface area contributed by atoms with Crippen LogP contribution in [0.1, 0.15) is 37.2 Å². The lowest BCUT2D eigenvalue weighted by Gasteiger charge is -2.10. The van der Waals surface area contributed by atoms with Crippen LogP contribution in [0.4, 0.5) is 13.2 Å². The Balaban J connectivity index is 2.51. The molecule has 2 heterocycles. The fourth-order valence-corrected chi connectivity index (χ4v) is 2.15. The van der Waals surface area contributed by atoms with Crippen molar-refractivity contribution in [3.05, 3.63) is 17.8 Å². The predicted molar refractivity (Wildman–Crippen MR) is 78.1 cm³/mol. The average molecular weight is 349 g/mol. The first kappa shape index (κ1) is 17.4. The Morgan fingerprint density at radius 1 is 1.43 bits per heavy atom. The first-order chi connectivity index (χ1) is 10.7. The van der Waals surface area contributed by atoms with Crippen LogP contribution >= 0.6 is 12.0 Å². The van der Waals surface area contributed by atoms with E-state index in [9.17, 15) is 18.0 Å². The Labute approximate surface area is 134 Å².